The summed E-state index contributed by atoms with van der Waals surface area (Å²) in [5.74, 6) is -0.137. The number of carbonyl (C=O) groups excluding carboxylic acids is 2. The van der Waals surface area contributed by atoms with Crippen molar-refractivity contribution in [2.75, 3.05) is 0 Å². The molecule has 0 aliphatic carbocycles. The Hall–Kier alpha value is -3.66. The molecular weight excluding hydrogens is 328 g/mol. The van der Waals surface area contributed by atoms with E-state index in [2.05, 4.69) is 6.58 Å². The van der Waals surface area contributed by atoms with Crippen LogP contribution >= 0.6 is 0 Å². The van der Waals surface area contributed by atoms with Crippen LogP contribution in [0.25, 0.3) is 6.08 Å². The minimum Gasteiger partial charge on any atom is -0.423 e. The van der Waals surface area contributed by atoms with E-state index in [-0.39, 0.29) is 0 Å². The fourth-order valence-corrected chi connectivity index (χ4v) is 2.35. The molecule has 0 aliphatic heterocycles. The lowest BCUT2D eigenvalue weighted by Crippen LogP contribution is -2.13. The Labute approximate surface area is 151 Å². The number of ether oxygens (including phenoxy) is 2. The molecule has 0 spiro atoms. The Kier molecular flexibility index (Phi) is 5.25. The first-order chi connectivity index (χ1) is 12.7. The van der Waals surface area contributed by atoms with Crippen molar-refractivity contribution in [1.82, 2.24) is 0 Å². The quantitative estimate of drug-likeness (QED) is 0.494. The van der Waals surface area contributed by atoms with E-state index in [1.165, 1.54) is 18.2 Å². The summed E-state index contributed by atoms with van der Waals surface area (Å²) in [4.78, 5) is 24.7. The van der Waals surface area contributed by atoms with Gasteiger partial charge in [-0.15, -0.1) is 0 Å². The van der Waals surface area contributed by atoms with Crippen LogP contribution in [0.4, 0.5) is 0 Å². The van der Waals surface area contributed by atoms with E-state index < -0.39 is 11.9 Å². The van der Waals surface area contributed by atoms with Crippen LogP contribution in [0.15, 0.2) is 85.4 Å². The van der Waals surface area contributed by atoms with Crippen LogP contribution < -0.4 is 9.47 Å². The zero-order valence-electron chi connectivity index (χ0n) is 13.9. The predicted octanol–water partition coefficient (Wildman–Crippen LogP) is 4.77. The van der Waals surface area contributed by atoms with Crippen molar-refractivity contribution in [3.05, 3.63) is 102 Å². The number of esters is 2. The average Bonchev–Trinajstić information content (AvgIpc) is 2.69. The van der Waals surface area contributed by atoms with Crippen LogP contribution in [-0.4, -0.2) is 11.9 Å². The van der Waals surface area contributed by atoms with Gasteiger partial charge in [0.05, 0.1) is 11.1 Å². The first-order valence-electron chi connectivity index (χ1n) is 7.98. The molecule has 0 heterocycles. The lowest BCUT2D eigenvalue weighted by Gasteiger charge is -2.09. The van der Waals surface area contributed by atoms with Crippen LogP contribution in [0.1, 0.15) is 26.3 Å². The minimum atomic E-state index is -0.519. The molecule has 0 aliphatic rings. The smallest absolute Gasteiger partial charge is 0.344 e. The third-order valence-corrected chi connectivity index (χ3v) is 3.63. The van der Waals surface area contributed by atoms with Gasteiger partial charge in [0.2, 0.25) is 0 Å². The molecule has 0 amide bonds. The summed E-state index contributed by atoms with van der Waals surface area (Å²) < 4.78 is 10.6. The van der Waals surface area contributed by atoms with Crippen molar-refractivity contribution in [2.45, 2.75) is 0 Å². The van der Waals surface area contributed by atoms with Gasteiger partial charge in [0, 0.05) is 0 Å². The molecule has 26 heavy (non-hydrogen) atoms. The van der Waals surface area contributed by atoms with Gasteiger partial charge in [0.15, 0.2) is 0 Å². The molecule has 0 aromatic heterocycles. The molecule has 0 N–H and O–H groups in total. The number of carbonyl (C=O) groups is 2. The van der Waals surface area contributed by atoms with Crippen LogP contribution in [-0.2, 0) is 0 Å². The summed E-state index contributed by atoms with van der Waals surface area (Å²) in [6, 6.07) is 22.2. The third kappa shape index (κ3) is 4.05. The van der Waals surface area contributed by atoms with Gasteiger partial charge in [-0.05, 0) is 48.0 Å². The number of para-hydroxylation sites is 2. The van der Waals surface area contributed by atoms with Crippen LogP contribution in [0.5, 0.6) is 11.5 Å². The van der Waals surface area contributed by atoms with Crippen molar-refractivity contribution < 1.29 is 19.1 Å². The van der Waals surface area contributed by atoms with Crippen LogP contribution in [0.3, 0.4) is 0 Å². The van der Waals surface area contributed by atoms with Crippen LogP contribution in [0.2, 0.25) is 0 Å². The van der Waals surface area contributed by atoms with Crippen molar-refractivity contribution in [1.29, 1.82) is 0 Å². The van der Waals surface area contributed by atoms with Gasteiger partial charge in [-0.2, -0.15) is 0 Å². The molecule has 0 saturated carbocycles. The molecule has 3 rings (SSSR count). The first-order valence-corrected chi connectivity index (χ1v) is 7.98. The molecule has 0 bridgehead atoms. The second-order valence-electron chi connectivity index (χ2n) is 5.41. The summed E-state index contributed by atoms with van der Waals surface area (Å²) >= 11 is 0. The summed E-state index contributed by atoms with van der Waals surface area (Å²) in [6.45, 7) is 3.71. The van der Waals surface area contributed by atoms with Gasteiger partial charge in [0.1, 0.15) is 11.5 Å². The molecule has 4 heteroatoms. The predicted molar refractivity (Wildman–Crippen MR) is 99.3 cm³/mol. The van der Waals surface area contributed by atoms with Gasteiger partial charge in [0.25, 0.3) is 0 Å². The Morgan fingerprint density at radius 1 is 0.731 bits per heavy atom. The number of benzene rings is 3. The topological polar surface area (TPSA) is 52.6 Å². The zero-order valence-corrected chi connectivity index (χ0v) is 13.9. The molecular formula is C22H16O4. The highest BCUT2D eigenvalue weighted by molar-refractivity contribution is 5.98. The average molecular weight is 344 g/mol. The SMILES string of the molecule is C=Cc1cc(C(=O)Oc2ccccc2)ccc1C(=O)Oc1ccccc1. The minimum absolute atomic E-state index is 0.319. The maximum atomic E-state index is 12.4. The fraction of sp³-hybridized carbons (Fsp3) is 0. The van der Waals surface area contributed by atoms with E-state index in [9.17, 15) is 9.59 Å². The van der Waals surface area contributed by atoms with E-state index in [0.29, 0.717) is 28.2 Å². The molecule has 0 saturated heterocycles. The molecule has 0 atom stereocenters. The molecule has 0 unspecified atom stereocenters. The Morgan fingerprint density at radius 2 is 1.27 bits per heavy atom. The van der Waals surface area contributed by atoms with E-state index in [1.807, 2.05) is 12.1 Å². The van der Waals surface area contributed by atoms with Crippen molar-refractivity contribution >= 4 is 18.0 Å². The molecule has 128 valence electrons. The van der Waals surface area contributed by atoms with Crippen LogP contribution in [0, 0.1) is 0 Å². The largest absolute Gasteiger partial charge is 0.423 e. The van der Waals surface area contributed by atoms with Gasteiger partial charge < -0.3 is 9.47 Å². The first kappa shape index (κ1) is 17.2. The molecule has 4 nitrogen and oxygen atoms in total. The summed E-state index contributed by atoms with van der Waals surface area (Å²) in [5, 5.41) is 0. The van der Waals surface area contributed by atoms with E-state index in [1.54, 1.807) is 54.6 Å². The van der Waals surface area contributed by atoms with Crippen molar-refractivity contribution in [3.8, 4) is 11.5 Å². The fourth-order valence-electron chi connectivity index (χ4n) is 2.35. The van der Waals surface area contributed by atoms with E-state index >= 15 is 0 Å². The van der Waals surface area contributed by atoms with E-state index in [0.717, 1.165) is 0 Å². The number of hydrogen-bond donors (Lipinski definition) is 0. The molecule has 3 aromatic carbocycles. The maximum absolute atomic E-state index is 12.4. The van der Waals surface area contributed by atoms with Gasteiger partial charge >= 0.3 is 11.9 Å². The third-order valence-electron chi connectivity index (χ3n) is 3.63. The van der Waals surface area contributed by atoms with Gasteiger partial charge in [-0.3, -0.25) is 0 Å². The Morgan fingerprint density at radius 3 is 1.81 bits per heavy atom. The molecule has 3 aromatic rings. The lowest BCUT2D eigenvalue weighted by atomic mass is 10.0. The number of hydrogen-bond acceptors (Lipinski definition) is 4. The van der Waals surface area contributed by atoms with Crippen molar-refractivity contribution in [3.63, 3.8) is 0 Å². The van der Waals surface area contributed by atoms with E-state index in [4.69, 9.17) is 9.47 Å². The summed E-state index contributed by atoms with van der Waals surface area (Å²) in [7, 11) is 0. The Balaban J connectivity index is 1.80. The second-order valence-corrected chi connectivity index (χ2v) is 5.41. The lowest BCUT2D eigenvalue weighted by molar-refractivity contribution is 0.0720. The number of rotatable bonds is 5. The second kappa shape index (κ2) is 7.94. The Bertz CT molecular complexity index is 931. The summed E-state index contributed by atoms with van der Waals surface area (Å²) in [6.07, 6.45) is 1.50. The maximum Gasteiger partial charge on any atom is 0.344 e. The highest BCUT2D eigenvalue weighted by Gasteiger charge is 2.16. The molecule has 0 radical (unpaired) electrons. The standard InChI is InChI=1S/C22H16O4/c1-2-16-15-17(21(23)25-18-9-5-3-6-10-18)13-14-20(16)22(24)26-19-11-7-4-8-12-19/h2-15H,1H2. The molecule has 0 fully saturated rings. The highest BCUT2D eigenvalue weighted by Crippen LogP contribution is 2.19. The highest BCUT2D eigenvalue weighted by atomic mass is 16.5. The zero-order chi connectivity index (χ0) is 18.4. The van der Waals surface area contributed by atoms with Gasteiger partial charge in [-0.25, -0.2) is 9.59 Å². The monoisotopic (exact) mass is 344 g/mol. The summed E-state index contributed by atoms with van der Waals surface area (Å²) in [5.41, 5.74) is 1.13. The normalized spacial score (nSPS) is 10.0. The van der Waals surface area contributed by atoms with Gasteiger partial charge in [-0.1, -0.05) is 49.1 Å². The van der Waals surface area contributed by atoms with Crippen molar-refractivity contribution in [2.24, 2.45) is 0 Å².